The van der Waals surface area contributed by atoms with E-state index in [9.17, 15) is 24.5 Å². The predicted molar refractivity (Wildman–Crippen MR) is 146 cm³/mol. The molecule has 0 bridgehead atoms. The van der Waals surface area contributed by atoms with Gasteiger partial charge >= 0.3 is 11.7 Å². The van der Waals surface area contributed by atoms with Crippen LogP contribution in [0.15, 0.2) is 52.6 Å². The summed E-state index contributed by atoms with van der Waals surface area (Å²) in [5.41, 5.74) is 6.91. The Bertz CT molecular complexity index is 1420. The summed E-state index contributed by atoms with van der Waals surface area (Å²) in [4.78, 5) is 58.2. The maximum absolute atomic E-state index is 13.3. The second kappa shape index (κ2) is 11.4. The Morgan fingerprint density at radius 1 is 1.21 bits per heavy atom. The van der Waals surface area contributed by atoms with Gasteiger partial charge < -0.3 is 20.5 Å². The van der Waals surface area contributed by atoms with Crippen molar-refractivity contribution in [3.8, 4) is 0 Å². The Balaban J connectivity index is 1.61. The summed E-state index contributed by atoms with van der Waals surface area (Å²) >= 11 is 1.04. The van der Waals surface area contributed by atoms with Crippen LogP contribution in [0.4, 0.5) is 10.5 Å². The topological polar surface area (TPSA) is 164 Å². The van der Waals surface area contributed by atoms with E-state index < -0.39 is 34.9 Å². The fourth-order valence-corrected chi connectivity index (χ4v) is 5.68. The number of benzene rings is 1. The first-order valence-corrected chi connectivity index (χ1v) is 13.4. The van der Waals surface area contributed by atoms with Gasteiger partial charge in [-0.2, -0.15) is 0 Å². The summed E-state index contributed by atoms with van der Waals surface area (Å²) in [5.74, 6) is -1.31. The van der Waals surface area contributed by atoms with Crippen molar-refractivity contribution in [2.75, 3.05) is 27.7 Å². The number of nitrogens with one attached hydrogen (secondary N) is 2. The number of imide groups is 1. The minimum Gasteiger partial charge on any atom is -0.368 e. The van der Waals surface area contributed by atoms with Gasteiger partial charge in [-0.15, -0.1) is 0 Å². The SMILES string of the molecule is C[N+](C)(C)CCCC[C@@H]1NC(=O)N([C@@H](Cc2c(Sc3ncccc3[N+](=O)[O-])[nH]c3ccccc23)C(N)=O)C1=O. The van der Waals surface area contributed by atoms with Crippen LogP contribution in [0, 0.1) is 10.1 Å². The van der Waals surface area contributed by atoms with E-state index in [2.05, 4.69) is 36.4 Å². The van der Waals surface area contributed by atoms with E-state index in [-0.39, 0.29) is 17.1 Å². The van der Waals surface area contributed by atoms with Gasteiger partial charge in [-0.25, -0.2) is 14.7 Å². The summed E-state index contributed by atoms with van der Waals surface area (Å²) < 4.78 is 0.799. The number of para-hydroxylation sites is 1. The number of H-pyrrole nitrogens is 1. The molecule has 2 atom stereocenters. The number of carbonyl (C=O) groups excluding carboxylic acids is 3. The second-order valence-electron chi connectivity index (χ2n) is 10.5. The molecule has 1 aliphatic heterocycles. The third-order valence-corrected chi connectivity index (χ3v) is 7.64. The van der Waals surface area contributed by atoms with Crippen LogP contribution in [0.5, 0.6) is 0 Å². The Morgan fingerprint density at radius 2 is 1.95 bits per heavy atom. The zero-order chi connectivity index (χ0) is 28.3. The molecule has 0 radical (unpaired) electrons. The molecule has 4 rings (SSSR count). The van der Waals surface area contributed by atoms with Crippen LogP contribution in [0.3, 0.4) is 0 Å². The number of hydrogen-bond donors (Lipinski definition) is 3. The number of unbranched alkanes of at least 4 members (excludes halogenated alkanes) is 1. The third-order valence-electron chi connectivity index (χ3n) is 6.58. The lowest BCUT2D eigenvalue weighted by Gasteiger charge is -2.24. The smallest absolute Gasteiger partial charge is 0.325 e. The number of quaternary nitrogens is 1. The highest BCUT2D eigenvalue weighted by Gasteiger charge is 2.44. The summed E-state index contributed by atoms with van der Waals surface area (Å²) in [7, 11) is 6.26. The van der Waals surface area contributed by atoms with E-state index in [4.69, 9.17) is 5.73 Å². The van der Waals surface area contributed by atoms with Crippen molar-refractivity contribution < 1.29 is 23.8 Å². The first kappa shape index (κ1) is 28.0. The van der Waals surface area contributed by atoms with Gasteiger partial charge in [0.25, 0.3) is 5.91 Å². The van der Waals surface area contributed by atoms with E-state index in [0.29, 0.717) is 17.0 Å². The summed E-state index contributed by atoms with van der Waals surface area (Å²) in [6.07, 6.45) is 3.49. The lowest BCUT2D eigenvalue weighted by Crippen LogP contribution is -2.49. The number of aromatic amines is 1. The monoisotopic (exact) mass is 554 g/mol. The van der Waals surface area contributed by atoms with Gasteiger partial charge in [-0.3, -0.25) is 19.7 Å². The van der Waals surface area contributed by atoms with Gasteiger partial charge in [-0.1, -0.05) is 18.2 Å². The molecule has 1 aromatic carbocycles. The van der Waals surface area contributed by atoms with Crippen LogP contribution in [-0.4, -0.2) is 81.9 Å². The standard InChI is InChI=1S/C26H31N7O5S/c1-33(2,3)14-7-6-11-19-25(35)31(26(36)30-19)21(22(27)34)15-17-16-9-4-5-10-18(16)29-23(17)39-24-20(32(37)38)12-8-13-28-24/h4-5,8-10,12-13,19,21,29H,6-7,11,14-15H2,1-3H3,(H2-,27,30,34,36)/p+1/t19-,21-/m0/s1. The molecule has 0 aliphatic carbocycles. The zero-order valence-electron chi connectivity index (χ0n) is 22.0. The maximum atomic E-state index is 13.3. The van der Waals surface area contributed by atoms with Crippen molar-refractivity contribution >= 4 is 46.2 Å². The summed E-state index contributed by atoms with van der Waals surface area (Å²) in [6.45, 7) is 0.928. The highest BCUT2D eigenvalue weighted by Crippen LogP contribution is 2.38. The summed E-state index contributed by atoms with van der Waals surface area (Å²) in [5, 5.41) is 15.7. The van der Waals surface area contributed by atoms with Crippen molar-refractivity contribution in [2.24, 2.45) is 5.73 Å². The lowest BCUT2D eigenvalue weighted by atomic mass is 10.0. The van der Waals surface area contributed by atoms with E-state index in [1.165, 1.54) is 18.3 Å². The van der Waals surface area contributed by atoms with Crippen LogP contribution >= 0.6 is 11.8 Å². The Morgan fingerprint density at radius 3 is 2.64 bits per heavy atom. The van der Waals surface area contributed by atoms with Gasteiger partial charge in [0.05, 0.1) is 37.6 Å². The molecule has 0 unspecified atom stereocenters. The number of nitrogens with zero attached hydrogens (tertiary/aromatic N) is 4. The third kappa shape index (κ3) is 6.37. The molecule has 3 heterocycles. The van der Waals surface area contributed by atoms with Crippen LogP contribution in [0.2, 0.25) is 0 Å². The van der Waals surface area contributed by atoms with Gasteiger partial charge in [-0.05, 0) is 48.7 Å². The average molecular weight is 555 g/mol. The van der Waals surface area contributed by atoms with Crippen LogP contribution in [0.25, 0.3) is 10.9 Å². The number of nitro groups is 1. The highest BCUT2D eigenvalue weighted by atomic mass is 32.2. The Labute approximate surface area is 229 Å². The van der Waals surface area contributed by atoms with Crippen molar-refractivity contribution in [1.82, 2.24) is 20.2 Å². The molecule has 13 heteroatoms. The molecule has 4 N–H and O–H groups in total. The molecule has 2 aromatic heterocycles. The molecule has 12 nitrogen and oxygen atoms in total. The number of carbonyl (C=O) groups is 3. The summed E-state index contributed by atoms with van der Waals surface area (Å²) in [6, 6.07) is 7.52. The quantitative estimate of drug-likeness (QED) is 0.102. The number of primary amides is 1. The first-order chi connectivity index (χ1) is 18.5. The molecule has 206 valence electrons. The highest BCUT2D eigenvalue weighted by molar-refractivity contribution is 7.99. The fraction of sp³-hybridized carbons (Fsp3) is 0.385. The molecule has 1 aliphatic rings. The molecule has 3 aromatic rings. The van der Waals surface area contributed by atoms with Crippen molar-refractivity contribution in [2.45, 2.75) is 47.8 Å². The molecule has 0 spiro atoms. The lowest BCUT2D eigenvalue weighted by molar-refractivity contribution is -0.870. The van der Waals surface area contributed by atoms with Gasteiger partial charge in [0.1, 0.15) is 12.1 Å². The van der Waals surface area contributed by atoms with Crippen LogP contribution in [-0.2, 0) is 16.0 Å². The minimum atomic E-state index is -1.24. The van der Waals surface area contributed by atoms with E-state index >= 15 is 0 Å². The number of fused-ring (bicyclic) bond motifs is 1. The minimum absolute atomic E-state index is 0.0598. The number of urea groups is 1. The number of amides is 4. The normalized spacial score (nSPS) is 16.5. The number of hydrogen-bond acceptors (Lipinski definition) is 7. The molecule has 39 heavy (non-hydrogen) atoms. The second-order valence-corrected chi connectivity index (χ2v) is 11.5. The maximum Gasteiger partial charge on any atom is 0.325 e. The predicted octanol–water partition coefficient (Wildman–Crippen LogP) is 2.82. The number of nitrogens with two attached hydrogens (primary N) is 1. The average Bonchev–Trinajstić information content (AvgIpc) is 3.35. The van der Waals surface area contributed by atoms with Crippen molar-refractivity contribution in [3.05, 3.63) is 58.3 Å². The number of rotatable bonds is 12. The molecule has 4 amide bonds. The van der Waals surface area contributed by atoms with Crippen molar-refractivity contribution in [3.63, 3.8) is 0 Å². The van der Waals surface area contributed by atoms with Gasteiger partial charge in [0.15, 0.2) is 5.03 Å². The van der Waals surface area contributed by atoms with E-state index in [1.807, 2.05) is 24.3 Å². The number of pyridine rings is 1. The Hall–Kier alpha value is -3.97. The van der Waals surface area contributed by atoms with Gasteiger partial charge in [0.2, 0.25) is 5.91 Å². The molecular weight excluding hydrogens is 522 g/mol. The Kier molecular flexibility index (Phi) is 8.21. The van der Waals surface area contributed by atoms with Crippen molar-refractivity contribution in [1.29, 1.82) is 0 Å². The largest absolute Gasteiger partial charge is 0.368 e. The molecule has 1 fully saturated rings. The molecule has 1 saturated heterocycles. The van der Waals surface area contributed by atoms with Crippen LogP contribution < -0.4 is 11.1 Å². The van der Waals surface area contributed by atoms with Gasteiger partial charge in [0, 0.05) is 29.6 Å². The van der Waals surface area contributed by atoms with Crippen LogP contribution in [0.1, 0.15) is 24.8 Å². The fourth-order valence-electron chi connectivity index (χ4n) is 4.65. The zero-order valence-corrected chi connectivity index (χ0v) is 22.9. The number of aromatic nitrogens is 2. The van der Waals surface area contributed by atoms with E-state index in [0.717, 1.165) is 51.4 Å². The first-order valence-electron chi connectivity index (χ1n) is 12.6. The molecule has 0 saturated carbocycles. The molecular formula is C26H32N7O5S+. The van der Waals surface area contributed by atoms with E-state index in [1.54, 1.807) is 0 Å².